The molecule has 2 aromatic carbocycles. The van der Waals surface area contributed by atoms with Crippen molar-refractivity contribution < 1.29 is 14.3 Å². The number of para-hydroxylation sites is 2. The number of likely N-dealkylation sites (tertiary alicyclic amines) is 1. The topological polar surface area (TPSA) is 85.3 Å². The molecule has 0 saturated carbocycles. The zero-order chi connectivity index (χ0) is 23.1. The van der Waals surface area contributed by atoms with Crippen molar-refractivity contribution in [2.45, 2.75) is 25.2 Å². The lowest BCUT2D eigenvalue weighted by Crippen LogP contribution is -2.39. The Bertz CT molecular complexity index is 1320. The van der Waals surface area contributed by atoms with Crippen LogP contribution in [0.15, 0.2) is 48.7 Å². The Kier molecular flexibility index (Phi) is 5.20. The normalized spacial score (nSPS) is 18.1. The molecule has 1 saturated heterocycles. The molecule has 2 aliphatic heterocycles. The van der Waals surface area contributed by atoms with E-state index in [9.17, 15) is 4.79 Å². The molecule has 174 valence electrons. The number of imidazole rings is 1. The largest absolute Gasteiger partial charge is 0.490 e. The Hall–Kier alpha value is -3.81. The summed E-state index contributed by atoms with van der Waals surface area (Å²) in [4.78, 5) is 23.9. The highest BCUT2D eigenvalue weighted by atomic mass is 16.5. The molecule has 1 amide bonds. The number of hydrogen-bond acceptors (Lipinski definition) is 5. The van der Waals surface area contributed by atoms with Crippen molar-refractivity contribution in [3.05, 3.63) is 60.0 Å². The molecule has 6 rings (SSSR count). The van der Waals surface area contributed by atoms with Crippen molar-refractivity contribution in [2.75, 3.05) is 26.3 Å². The van der Waals surface area contributed by atoms with Crippen LogP contribution in [-0.4, -0.2) is 56.9 Å². The predicted molar refractivity (Wildman–Crippen MR) is 128 cm³/mol. The molecule has 0 radical (unpaired) electrons. The van der Waals surface area contributed by atoms with Gasteiger partial charge in [0, 0.05) is 44.2 Å². The molecule has 0 bridgehead atoms. The number of aryl methyl sites for hydroxylation is 1. The van der Waals surface area contributed by atoms with E-state index in [4.69, 9.17) is 14.5 Å². The van der Waals surface area contributed by atoms with E-state index in [1.165, 1.54) is 0 Å². The van der Waals surface area contributed by atoms with Crippen molar-refractivity contribution in [3.8, 4) is 22.8 Å². The molecule has 0 spiro atoms. The number of ether oxygens (including phenoxy) is 2. The van der Waals surface area contributed by atoms with Gasteiger partial charge < -0.3 is 19.4 Å². The Morgan fingerprint density at radius 3 is 2.82 bits per heavy atom. The zero-order valence-electron chi connectivity index (χ0n) is 19.2. The second kappa shape index (κ2) is 8.52. The Morgan fingerprint density at radius 1 is 1.09 bits per heavy atom. The highest BCUT2D eigenvalue weighted by molar-refractivity contribution is 6.00. The summed E-state index contributed by atoms with van der Waals surface area (Å²) in [6.45, 7) is 2.61. The van der Waals surface area contributed by atoms with Gasteiger partial charge in [-0.05, 0) is 43.2 Å². The first kappa shape index (κ1) is 20.8. The maximum Gasteiger partial charge on any atom is 0.257 e. The van der Waals surface area contributed by atoms with Crippen LogP contribution in [0.5, 0.6) is 11.5 Å². The van der Waals surface area contributed by atoms with Crippen LogP contribution in [-0.2, 0) is 7.05 Å². The second-order valence-corrected chi connectivity index (χ2v) is 9.01. The molecule has 2 aromatic heterocycles. The number of H-pyrrole nitrogens is 1. The Balaban J connectivity index is 1.28. The number of nitrogens with zero attached hydrogens (tertiary/aromatic N) is 4. The second-order valence-electron chi connectivity index (χ2n) is 9.01. The average Bonchev–Trinajstić information content (AvgIpc) is 3.40. The van der Waals surface area contributed by atoms with Gasteiger partial charge in [0.15, 0.2) is 11.5 Å². The van der Waals surface area contributed by atoms with Crippen molar-refractivity contribution in [1.82, 2.24) is 24.6 Å². The van der Waals surface area contributed by atoms with E-state index in [1.807, 2.05) is 60.6 Å². The van der Waals surface area contributed by atoms with Crippen molar-refractivity contribution >= 4 is 16.9 Å². The molecular formula is C26H27N5O3. The van der Waals surface area contributed by atoms with Crippen LogP contribution in [0, 0.1) is 0 Å². The molecule has 0 unspecified atom stereocenters. The number of hydrogen-bond donors (Lipinski definition) is 1. The molecule has 8 heteroatoms. The van der Waals surface area contributed by atoms with Gasteiger partial charge in [-0.3, -0.25) is 9.48 Å². The third kappa shape index (κ3) is 3.79. The first-order valence-electron chi connectivity index (χ1n) is 11.8. The number of benzene rings is 2. The predicted octanol–water partition coefficient (Wildman–Crippen LogP) is 4.14. The summed E-state index contributed by atoms with van der Waals surface area (Å²) < 4.78 is 13.3. The van der Waals surface area contributed by atoms with Gasteiger partial charge in [-0.25, -0.2) is 4.98 Å². The van der Waals surface area contributed by atoms with E-state index in [-0.39, 0.29) is 11.8 Å². The van der Waals surface area contributed by atoms with Crippen LogP contribution in [0.1, 0.15) is 41.4 Å². The third-order valence-corrected chi connectivity index (χ3v) is 6.58. The van der Waals surface area contributed by atoms with Gasteiger partial charge in [0.05, 0.1) is 29.8 Å². The standard InChI is InChI=1S/C26H27N5O3/c1-30-16-19(24(29-30)17-9-10-22-23(14-17)34-13-5-12-33-22)26(32)31-11-4-6-18(15-31)25-27-20-7-2-3-8-21(20)28-25/h2-3,7-10,14,16,18H,4-6,11-13,15H2,1H3,(H,27,28)/t18-/m0/s1. The Morgan fingerprint density at radius 2 is 1.94 bits per heavy atom. The van der Waals surface area contributed by atoms with Crippen LogP contribution in [0.25, 0.3) is 22.3 Å². The summed E-state index contributed by atoms with van der Waals surface area (Å²) in [5.41, 5.74) is 4.10. The third-order valence-electron chi connectivity index (χ3n) is 6.58. The molecular weight excluding hydrogens is 430 g/mol. The number of aromatic amines is 1. The first-order valence-corrected chi connectivity index (χ1v) is 11.8. The van der Waals surface area contributed by atoms with Gasteiger partial charge in [-0.15, -0.1) is 0 Å². The maximum absolute atomic E-state index is 13.7. The highest BCUT2D eigenvalue weighted by Gasteiger charge is 2.30. The highest BCUT2D eigenvalue weighted by Crippen LogP contribution is 2.35. The zero-order valence-corrected chi connectivity index (χ0v) is 19.2. The average molecular weight is 458 g/mol. The summed E-state index contributed by atoms with van der Waals surface area (Å²) in [7, 11) is 1.84. The fourth-order valence-electron chi connectivity index (χ4n) is 4.89. The monoisotopic (exact) mass is 457 g/mol. The number of fused-ring (bicyclic) bond motifs is 2. The van der Waals surface area contributed by atoms with E-state index < -0.39 is 0 Å². The van der Waals surface area contributed by atoms with E-state index >= 15 is 0 Å². The van der Waals surface area contributed by atoms with Crippen LogP contribution >= 0.6 is 0 Å². The summed E-state index contributed by atoms with van der Waals surface area (Å²) in [6.07, 6.45) is 4.60. The van der Waals surface area contributed by atoms with Gasteiger partial charge in [0.1, 0.15) is 11.5 Å². The van der Waals surface area contributed by atoms with Gasteiger partial charge in [0.2, 0.25) is 0 Å². The van der Waals surface area contributed by atoms with Crippen molar-refractivity contribution in [1.29, 1.82) is 0 Å². The van der Waals surface area contributed by atoms with Crippen molar-refractivity contribution in [3.63, 3.8) is 0 Å². The molecule has 0 aliphatic carbocycles. The van der Waals surface area contributed by atoms with Gasteiger partial charge in [-0.2, -0.15) is 5.10 Å². The number of amides is 1. The maximum atomic E-state index is 13.7. The summed E-state index contributed by atoms with van der Waals surface area (Å²) >= 11 is 0. The Labute approximate surface area is 197 Å². The number of aromatic nitrogens is 4. The molecule has 2 aliphatic rings. The number of rotatable bonds is 3. The molecule has 1 fully saturated rings. The molecule has 8 nitrogen and oxygen atoms in total. The van der Waals surface area contributed by atoms with Crippen LogP contribution < -0.4 is 9.47 Å². The van der Waals surface area contributed by atoms with Crippen molar-refractivity contribution in [2.24, 2.45) is 7.05 Å². The van der Waals surface area contributed by atoms with Crippen LogP contribution in [0.4, 0.5) is 0 Å². The van der Waals surface area contributed by atoms with E-state index in [1.54, 1.807) is 4.68 Å². The first-order chi connectivity index (χ1) is 16.7. The van der Waals surface area contributed by atoms with Gasteiger partial charge in [-0.1, -0.05) is 12.1 Å². The number of nitrogens with one attached hydrogen (secondary N) is 1. The number of carbonyl (C=O) groups excluding carboxylic acids is 1. The summed E-state index contributed by atoms with van der Waals surface area (Å²) in [6, 6.07) is 13.8. The number of carbonyl (C=O) groups is 1. The lowest BCUT2D eigenvalue weighted by Gasteiger charge is -2.31. The molecule has 1 atom stereocenters. The lowest BCUT2D eigenvalue weighted by atomic mass is 9.96. The number of piperidine rings is 1. The quantitative estimate of drug-likeness (QED) is 0.500. The fraction of sp³-hybridized carbons (Fsp3) is 0.346. The molecule has 1 N–H and O–H groups in total. The summed E-state index contributed by atoms with van der Waals surface area (Å²) in [5, 5.41) is 4.63. The minimum absolute atomic E-state index is 0.00368. The van der Waals surface area contributed by atoms with E-state index in [2.05, 4.69) is 10.1 Å². The minimum atomic E-state index is -0.00368. The molecule has 34 heavy (non-hydrogen) atoms. The smallest absolute Gasteiger partial charge is 0.257 e. The summed E-state index contributed by atoms with van der Waals surface area (Å²) in [5.74, 6) is 2.56. The van der Waals surface area contributed by atoms with Crippen LogP contribution in [0.3, 0.4) is 0 Å². The van der Waals surface area contributed by atoms with Gasteiger partial charge in [0.25, 0.3) is 5.91 Å². The van der Waals surface area contributed by atoms with Crippen LogP contribution in [0.2, 0.25) is 0 Å². The lowest BCUT2D eigenvalue weighted by molar-refractivity contribution is 0.0705. The molecule has 4 heterocycles. The van der Waals surface area contributed by atoms with E-state index in [0.717, 1.165) is 54.0 Å². The minimum Gasteiger partial charge on any atom is -0.490 e. The SMILES string of the molecule is Cn1cc(C(=O)N2CCC[C@H](c3nc4ccccc4[nH]3)C2)c(-c2ccc3c(c2)OCCCO3)n1. The van der Waals surface area contributed by atoms with Gasteiger partial charge >= 0.3 is 0 Å². The molecule has 4 aromatic rings. The van der Waals surface area contributed by atoms with E-state index in [0.29, 0.717) is 36.8 Å². The fourth-order valence-corrected chi connectivity index (χ4v) is 4.89.